The number of aryl methyl sites for hydroxylation is 1. The molecule has 2 rings (SSSR count). The molecular weight excluding hydrogens is 253 g/mol. The van der Waals surface area contributed by atoms with Crippen LogP contribution in [0.2, 0.25) is 0 Å². The van der Waals surface area contributed by atoms with Crippen LogP contribution in [0.5, 0.6) is 5.75 Å². The lowest BCUT2D eigenvalue weighted by Gasteiger charge is -2.14. The van der Waals surface area contributed by atoms with Crippen molar-refractivity contribution in [1.82, 2.24) is 0 Å². The Balaban J connectivity index is 2.11. The van der Waals surface area contributed by atoms with E-state index in [1.807, 2.05) is 31.2 Å². The summed E-state index contributed by atoms with van der Waals surface area (Å²) in [5.41, 5.74) is 2.70. The third kappa shape index (κ3) is 3.73. The van der Waals surface area contributed by atoms with Crippen molar-refractivity contribution in [1.29, 1.82) is 0 Å². The van der Waals surface area contributed by atoms with Gasteiger partial charge in [-0.05, 0) is 37.1 Å². The molecule has 0 aromatic heterocycles. The molecular formula is C17H20FNO. The second kappa shape index (κ2) is 6.94. The van der Waals surface area contributed by atoms with Crippen LogP contribution in [-0.2, 0) is 6.54 Å². The van der Waals surface area contributed by atoms with Crippen molar-refractivity contribution < 1.29 is 9.13 Å². The summed E-state index contributed by atoms with van der Waals surface area (Å²) in [7, 11) is 0. The summed E-state index contributed by atoms with van der Waals surface area (Å²) in [6.07, 6.45) is 0.959. The molecule has 0 fully saturated rings. The summed E-state index contributed by atoms with van der Waals surface area (Å²) in [4.78, 5) is 0. The minimum Gasteiger partial charge on any atom is -0.491 e. The first kappa shape index (κ1) is 14.4. The Hall–Kier alpha value is -2.03. The SMILES string of the molecule is CCCOc1ccc(C)cc1NCc1ccccc1F. The summed E-state index contributed by atoms with van der Waals surface area (Å²) in [5, 5.41) is 3.26. The van der Waals surface area contributed by atoms with Gasteiger partial charge < -0.3 is 10.1 Å². The summed E-state index contributed by atoms with van der Waals surface area (Å²) < 4.78 is 19.3. The largest absolute Gasteiger partial charge is 0.491 e. The van der Waals surface area contributed by atoms with Crippen molar-refractivity contribution in [3.8, 4) is 5.75 Å². The zero-order valence-electron chi connectivity index (χ0n) is 11.9. The Morgan fingerprint density at radius 2 is 1.95 bits per heavy atom. The number of halogens is 1. The van der Waals surface area contributed by atoms with Crippen molar-refractivity contribution in [2.75, 3.05) is 11.9 Å². The van der Waals surface area contributed by atoms with Gasteiger partial charge in [0.25, 0.3) is 0 Å². The zero-order valence-corrected chi connectivity index (χ0v) is 11.9. The van der Waals surface area contributed by atoms with Crippen molar-refractivity contribution in [3.05, 3.63) is 59.4 Å². The normalized spacial score (nSPS) is 10.3. The van der Waals surface area contributed by atoms with E-state index in [-0.39, 0.29) is 5.82 Å². The Kier molecular flexibility index (Phi) is 4.99. The van der Waals surface area contributed by atoms with Gasteiger partial charge in [-0.1, -0.05) is 31.2 Å². The lowest BCUT2D eigenvalue weighted by atomic mass is 10.1. The predicted molar refractivity (Wildman–Crippen MR) is 80.7 cm³/mol. The van der Waals surface area contributed by atoms with E-state index in [1.54, 1.807) is 12.1 Å². The van der Waals surface area contributed by atoms with E-state index in [1.165, 1.54) is 6.07 Å². The molecule has 0 saturated carbocycles. The molecule has 20 heavy (non-hydrogen) atoms. The molecule has 2 nitrogen and oxygen atoms in total. The fourth-order valence-electron chi connectivity index (χ4n) is 1.95. The van der Waals surface area contributed by atoms with Gasteiger partial charge in [0.15, 0.2) is 0 Å². The highest BCUT2D eigenvalue weighted by Gasteiger charge is 2.05. The van der Waals surface area contributed by atoms with Crippen LogP contribution in [0.15, 0.2) is 42.5 Å². The number of hydrogen-bond acceptors (Lipinski definition) is 2. The second-order valence-corrected chi connectivity index (χ2v) is 4.79. The van der Waals surface area contributed by atoms with Crippen LogP contribution < -0.4 is 10.1 Å². The van der Waals surface area contributed by atoms with Crippen LogP contribution in [0.25, 0.3) is 0 Å². The number of anilines is 1. The molecule has 0 radical (unpaired) electrons. The molecule has 2 aromatic carbocycles. The Morgan fingerprint density at radius 1 is 1.15 bits per heavy atom. The van der Waals surface area contributed by atoms with Crippen molar-refractivity contribution in [2.45, 2.75) is 26.8 Å². The van der Waals surface area contributed by atoms with Crippen LogP contribution in [0.4, 0.5) is 10.1 Å². The van der Waals surface area contributed by atoms with E-state index >= 15 is 0 Å². The van der Waals surface area contributed by atoms with E-state index in [4.69, 9.17) is 4.74 Å². The molecule has 0 bridgehead atoms. The van der Waals surface area contributed by atoms with Crippen LogP contribution >= 0.6 is 0 Å². The molecule has 0 heterocycles. The maximum absolute atomic E-state index is 13.6. The van der Waals surface area contributed by atoms with Crippen molar-refractivity contribution >= 4 is 5.69 Å². The average Bonchev–Trinajstić information content (AvgIpc) is 2.45. The van der Waals surface area contributed by atoms with Crippen LogP contribution in [0.3, 0.4) is 0 Å². The standard InChI is InChI=1S/C17H20FNO/c1-3-10-20-17-9-8-13(2)11-16(17)19-12-14-6-4-5-7-15(14)18/h4-9,11,19H,3,10,12H2,1-2H3. The molecule has 0 aliphatic heterocycles. The minimum atomic E-state index is -0.191. The number of benzene rings is 2. The Morgan fingerprint density at radius 3 is 2.70 bits per heavy atom. The molecule has 0 unspecified atom stereocenters. The zero-order chi connectivity index (χ0) is 14.4. The van der Waals surface area contributed by atoms with Gasteiger partial charge in [-0.3, -0.25) is 0 Å². The van der Waals surface area contributed by atoms with Gasteiger partial charge in [-0.15, -0.1) is 0 Å². The molecule has 0 spiro atoms. The quantitative estimate of drug-likeness (QED) is 0.834. The predicted octanol–water partition coefficient (Wildman–Crippen LogP) is 4.54. The first-order valence-corrected chi connectivity index (χ1v) is 6.91. The van der Waals surface area contributed by atoms with Crippen LogP contribution in [0.1, 0.15) is 24.5 Å². The highest BCUT2D eigenvalue weighted by atomic mass is 19.1. The highest BCUT2D eigenvalue weighted by molar-refractivity contribution is 5.58. The molecule has 0 atom stereocenters. The van der Waals surface area contributed by atoms with E-state index in [2.05, 4.69) is 12.2 Å². The Labute approximate surface area is 119 Å². The van der Waals surface area contributed by atoms with Gasteiger partial charge in [-0.25, -0.2) is 4.39 Å². The maximum Gasteiger partial charge on any atom is 0.142 e. The molecule has 0 aliphatic rings. The molecule has 0 saturated heterocycles. The van der Waals surface area contributed by atoms with Gasteiger partial charge in [-0.2, -0.15) is 0 Å². The summed E-state index contributed by atoms with van der Waals surface area (Å²) in [6, 6.07) is 12.8. The molecule has 1 N–H and O–H groups in total. The van der Waals surface area contributed by atoms with E-state index in [0.717, 1.165) is 23.4 Å². The molecule has 0 amide bonds. The van der Waals surface area contributed by atoms with E-state index in [0.29, 0.717) is 18.7 Å². The van der Waals surface area contributed by atoms with Crippen LogP contribution in [0, 0.1) is 12.7 Å². The summed E-state index contributed by atoms with van der Waals surface area (Å²) in [5.74, 6) is 0.623. The smallest absolute Gasteiger partial charge is 0.142 e. The van der Waals surface area contributed by atoms with Crippen molar-refractivity contribution in [2.24, 2.45) is 0 Å². The number of hydrogen-bond donors (Lipinski definition) is 1. The summed E-state index contributed by atoms with van der Waals surface area (Å²) >= 11 is 0. The maximum atomic E-state index is 13.6. The van der Waals surface area contributed by atoms with E-state index < -0.39 is 0 Å². The lowest BCUT2D eigenvalue weighted by molar-refractivity contribution is 0.318. The first-order valence-electron chi connectivity index (χ1n) is 6.91. The number of rotatable bonds is 6. The molecule has 0 aliphatic carbocycles. The fraction of sp³-hybridized carbons (Fsp3) is 0.294. The van der Waals surface area contributed by atoms with Gasteiger partial charge in [0.05, 0.1) is 12.3 Å². The third-order valence-electron chi connectivity index (χ3n) is 3.02. The monoisotopic (exact) mass is 273 g/mol. The molecule has 3 heteroatoms. The van der Waals surface area contributed by atoms with E-state index in [9.17, 15) is 4.39 Å². The summed E-state index contributed by atoms with van der Waals surface area (Å²) in [6.45, 7) is 5.22. The number of nitrogens with one attached hydrogen (secondary N) is 1. The topological polar surface area (TPSA) is 21.3 Å². The average molecular weight is 273 g/mol. The highest BCUT2D eigenvalue weighted by Crippen LogP contribution is 2.26. The number of ether oxygens (including phenoxy) is 1. The molecule has 106 valence electrons. The van der Waals surface area contributed by atoms with Crippen molar-refractivity contribution in [3.63, 3.8) is 0 Å². The Bertz CT molecular complexity index is 569. The fourth-order valence-corrected chi connectivity index (χ4v) is 1.95. The van der Waals surface area contributed by atoms with Gasteiger partial charge in [0.2, 0.25) is 0 Å². The van der Waals surface area contributed by atoms with Gasteiger partial charge in [0.1, 0.15) is 11.6 Å². The second-order valence-electron chi connectivity index (χ2n) is 4.79. The minimum absolute atomic E-state index is 0.191. The third-order valence-corrected chi connectivity index (χ3v) is 3.02. The first-order chi connectivity index (χ1) is 9.70. The van der Waals surface area contributed by atoms with Gasteiger partial charge in [0, 0.05) is 12.1 Å². The van der Waals surface area contributed by atoms with Crippen LogP contribution in [-0.4, -0.2) is 6.61 Å². The lowest BCUT2D eigenvalue weighted by Crippen LogP contribution is -2.05. The van der Waals surface area contributed by atoms with Gasteiger partial charge >= 0.3 is 0 Å². The molecule has 2 aromatic rings.